The Hall–Kier alpha value is -2.94. The lowest BCUT2D eigenvalue weighted by molar-refractivity contribution is -0.113. The molecule has 1 atom stereocenters. The molecule has 37 heavy (non-hydrogen) atoms. The fourth-order valence-corrected chi connectivity index (χ4v) is 6.58. The highest BCUT2D eigenvalue weighted by Gasteiger charge is 2.28. The van der Waals surface area contributed by atoms with Crippen LogP contribution in [0.15, 0.2) is 64.5 Å². The average Bonchev–Trinajstić information content (AvgIpc) is 3.26. The van der Waals surface area contributed by atoms with Crippen molar-refractivity contribution < 1.29 is 9.53 Å². The van der Waals surface area contributed by atoms with Crippen LogP contribution in [0.3, 0.4) is 0 Å². The summed E-state index contributed by atoms with van der Waals surface area (Å²) in [6, 6.07) is 17.8. The van der Waals surface area contributed by atoms with Crippen LogP contribution in [0.1, 0.15) is 35.4 Å². The first-order chi connectivity index (χ1) is 17.9. The molecular weight excluding hydrogens is 502 g/mol. The van der Waals surface area contributed by atoms with Crippen LogP contribution in [0, 0.1) is 12.8 Å². The van der Waals surface area contributed by atoms with Crippen LogP contribution < -0.4 is 10.9 Å². The van der Waals surface area contributed by atoms with Crippen LogP contribution in [-0.2, 0) is 35.5 Å². The molecule has 0 bridgehead atoms. The second kappa shape index (κ2) is 11.2. The summed E-state index contributed by atoms with van der Waals surface area (Å²) >= 11 is 2.85. The van der Waals surface area contributed by atoms with E-state index in [1.807, 2.05) is 49.4 Å². The minimum absolute atomic E-state index is 0.0235. The number of ether oxygens (including phenoxy) is 1. The number of thioether (sulfide) groups is 1. The third kappa shape index (κ3) is 5.66. The van der Waals surface area contributed by atoms with E-state index in [4.69, 9.17) is 9.72 Å². The predicted molar refractivity (Wildman–Crippen MR) is 152 cm³/mol. The quantitative estimate of drug-likeness (QED) is 0.228. The van der Waals surface area contributed by atoms with Gasteiger partial charge in [0, 0.05) is 23.5 Å². The molecule has 5 rings (SSSR count). The minimum Gasteiger partial charge on any atom is -0.372 e. The van der Waals surface area contributed by atoms with Gasteiger partial charge in [0.25, 0.3) is 5.56 Å². The molecule has 0 radical (unpaired) electrons. The molecule has 1 unspecified atom stereocenters. The lowest BCUT2D eigenvalue weighted by Gasteiger charge is -2.26. The number of nitrogens with zero attached hydrogens (tertiary/aromatic N) is 2. The summed E-state index contributed by atoms with van der Waals surface area (Å²) in [5.41, 5.74) is 4.02. The van der Waals surface area contributed by atoms with E-state index in [1.165, 1.54) is 11.8 Å². The number of nitrogens with one attached hydrogen (secondary N) is 1. The first kappa shape index (κ1) is 25.7. The molecule has 0 spiro atoms. The highest BCUT2D eigenvalue weighted by Crippen LogP contribution is 2.36. The number of amides is 1. The second-order valence-corrected chi connectivity index (χ2v) is 11.7. The largest absolute Gasteiger partial charge is 0.372 e. The molecule has 1 aliphatic heterocycles. The van der Waals surface area contributed by atoms with E-state index in [2.05, 4.69) is 31.3 Å². The topological polar surface area (TPSA) is 73.2 Å². The van der Waals surface area contributed by atoms with Crippen molar-refractivity contribution in [2.24, 2.45) is 5.92 Å². The lowest BCUT2D eigenvalue weighted by Crippen LogP contribution is -2.29. The van der Waals surface area contributed by atoms with E-state index in [0.717, 1.165) is 43.9 Å². The van der Waals surface area contributed by atoms with Gasteiger partial charge in [-0.2, -0.15) is 0 Å². The van der Waals surface area contributed by atoms with Crippen molar-refractivity contribution in [3.05, 3.63) is 86.5 Å². The van der Waals surface area contributed by atoms with E-state index in [-0.39, 0.29) is 23.3 Å². The smallest absolute Gasteiger partial charge is 0.263 e. The van der Waals surface area contributed by atoms with Crippen LogP contribution in [0.5, 0.6) is 0 Å². The van der Waals surface area contributed by atoms with Crippen LogP contribution in [0.2, 0.25) is 0 Å². The molecule has 6 nitrogen and oxygen atoms in total. The number of carbonyl (C=O) groups excluding carboxylic acids is 1. The van der Waals surface area contributed by atoms with Crippen molar-refractivity contribution in [1.29, 1.82) is 0 Å². The van der Waals surface area contributed by atoms with Crippen molar-refractivity contribution in [2.45, 2.75) is 58.0 Å². The third-order valence-electron chi connectivity index (χ3n) is 6.76. The van der Waals surface area contributed by atoms with Gasteiger partial charge < -0.3 is 10.1 Å². The number of aromatic nitrogens is 2. The zero-order chi connectivity index (χ0) is 25.9. The molecule has 8 heteroatoms. The zero-order valence-electron chi connectivity index (χ0n) is 21.3. The number of anilines is 1. The van der Waals surface area contributed by atoms with Crippen LogP contribution >= 0.6 is 23.1 Å². The normalized spacial score (nSPS) is 15.2. The standard InChI is InChI=1S/C29H31N3O3S2/c1-18(2)23-15-21-24(16-35-23)37-27-26(21)28(34)32(14-13-20-10-5-4-6-11-20)29(31-27)36-17-25(33)30-22-12-8-7-9-19(22)3/h4-12,18,23H,13-17H2,1-3H3,(H,30,33). The van der Waals surface area contributed by atoms with Gasteiger partial charge in [-0.15, -0.1) is 11.3 Å². The van der Waals surface area contributed by atoms with Gasteiger partial charge in [-0.25, -0.2) is 4.98 Å². The maximum absolute atomic E-state index is 13.9. The maximum atomic E-state index is 13.9. The first-order valence-corrected chi connectivity index (χ1v) is 14.4. The van der Waals surface area contributed by atoms with E-state index in [0.29, 0.717) is 30.6 Å². The Balaban J connectivity index is 1.46. The van der Waals surface area contributed by atoms with Crippen LogP contribution in [0.25, 0.3) is 10.2 Å². The summed E-state index contributed by atoms with van der Waals surface area (Å²) in [6.07, 6.45) is 1.54. The predicted octanol–water partition coefficient (Wildman–Crippen LogP) is 5.84. The maximum Gasteiger partial charge on any atom is 0.263 e. The van der Waals surface area contributed by atoms with Crippen molar-refractivity contribution in [3.8, 4) is 0 Å². The van der Waals surface area contributed by atoms with Crippen molar-refractivity contribution in [3.63, 3.8) is 0 Å². The molecule has 3 heterocycles. The molecule has 0 saturated carbocycles. The molecular formula is C29H31N3O3S2. The molecule has 192 valence electrons. The highest BCUT2D eigenvalue weighted by molar-refractivity contribution is 7.99. The van der Waals surface area contributed by atoms with E-state index in [1.54, 1.807) is 15.9 Å². The van der Waals surface area contributed by atoms with Crippen LogP contribution in [0.4, 0.5) is 5.69 Å². The molecule has 1 amide bonds. The number of hydrogen-bond donors (Lipinski definition) is 1. The molecule has 0 fully saturated rings. The van der Waals surface area contributed by atoms with Crippen molar-refractivity contribution >= 4 is 44.9 Å². The Bertz CT molecular complexity index is 1480. The molecule has 1 N–H and O–H groups in total. The number of para-hydroxylation sites is 1. The number of aryl methyl sites for hydroxylation is 2. The van der Waals surface area contributed by atoms with Gasteiger partial charge in [0.05, 0.1) is 23.8 Å². The number of fused-ring (bicyclic) bond motifs is 3. The van der Waals surface area contributed by atoms with Crippen LogP contribution in [-0.4, -0.2) is 27.3 Å². The molecule has 0 saturated heterocycles. The fraction of sp³-hybridized carbons (Fsp3) is 0.345. The molecule has 4 aromatic rings. The Labute approximate surface area is 225 Å². The Morgan fingerprint density at radius 2 is 1.95 bits per heavy atom. The van der Waals surface area contributed by atoms with Gasteiger partial charge in [0.2, 0.25) is 5.91 Å². The number of carbonyl (C=O) groups is 1. The zero-order valence-corrected chi connectivity index (χ0v) is 23.0. The molecule has 0 aliphatic carbocycles. The summed E-state index contributed by atoms with van der Waals surface area (Å²) in [4.78, 5) is 33.5. The Morgan fingerprint density at radius 3 is 2.70 bits per heavy atom. The van der Waals surface area contributed by atoms with Gasteiger partial charge in [0.15, 0.2) is 5.16 Å². The SMILES string of the molecule is Cc1ccccc1NC(=O)CSc1nc2sc3c(c2c(=O)n1CCc1ccccc1)CC(C(C)C)OC3. The molecule has 2 aromatic heterocycles. The summed E-state index contributed by atoms with van der Waals surface area (Å²) in [6.45, 7) is 7.28. The Morgan fingerprint density at radius 1 is 1.19 bits per heavy atom. The van der Waals surface area contributed by atoms with Gasteiger partial charge in [0.1, 0.15) is 4.83 Å². The van der Waals surface area contributed by atoms with E-state index in [9.17, 15) is 9.59 Å². The lowest BCUT2D eigenvalue weighted by atomic mass is 9.96. The summed E-state index contributed by atoms with van der Waals surface area (Å²) < 4.78 is 7.82. The van der Waals surface area contributed by atoms with E-state index >= 15 is 0 Å². The summed E-state index contributed by atoms with van der Waals surface area (Å²) in [5, 5.41) is 4.27. The third-order valence-corrected chi connectivity index (χ3v) is 8.83. The van der Waals surface area contributed by atoms with Crippen molar-refractivity contribution in [2.75, 3.05) is 11.1 Å². The highest BCUT2D eigenvalue weighted by atomic mass is 32.2. The minimum atomic E-state index is -0.123. The monoisotopic (exact) mass is 533 g/mol. The van der Waals surface area contributed by atoms with Gasteiger partial charge >= 0.3 is 0 Å². The van der Waals surface area contributed by atoms with Gasteiger partial charge in [-0.05, 0) is 42.0 Å². The molecule has 1 aliphatic rings. The second-order valence-electron chi connectivity index (χ2n) is 9.72. The number of benzene rings is 2. The first-order valence-electron chi connectivity index (χ1n) is 12.6. The summed E-state index contributed by atoms with van der Waals surface area (Å²) in [5.74, 6) is 0.418. The fourth-order valence-electron chi connectivity index (χ4n) is 4.59. The number of hydrogen-bond acceptors (Lipinski definition) is 6. The summed E-state index contributed by atoms with van der Waals surface area (Å²) in [7, 11) is 0. The van der Waals surface area contributed by atoms with Gasteiger partial charge in [-0.3, -0.25) is 14.2 Å². The average molecular weight is 534 g/mol. The number of rotatable bonds is 8. The Kier molecular flexibility index (Phi) is 7.79. The van der Waals surface area contributed by atoms with Crippen molar-refractivity contribution in [1.82, 2.24) is 9.55 Å². The molecule has 2 aromatic carbocycles. The van der Waals surface area contributed by atoms with Gasteiger partial charge in [-0.1, -0.05) is 74.1 Å². The number of thiophene rings is 1. The van der Waals surface area contributed by atoms with E-state index < -0.39 is 0 Å².